The predicted octanol–water partition coefficient (Wildman–Crippen LogP) is -1.06. The van der Waals surface area contributed by atoms with Gasteiger partial charge in [-0.05, 0) is 7.05 Å². The first-order valence-electron chi connectivity index (χ1n) is 8.92. The van der Waals surface area contributed by atoms with E-state index < -0.39 is 36.5 Å². The third kappa shape index (κ3) is 6.30. The summed E-state index contributed by atoms with van der Waals surface area (Å²) in [5.41, 5.74) is -1.46. The number of carboxylic acids is 1. The number of nitrogens with zero attached hydrogens (tertiary/aromatic N) is 4. The average Bonchev–Trinajstić information content (AvgIpc) is 2.61. The number of carbonyl (C=O) groups is 3. The third-order valence-electron chi connectivity index (χ3n) is 4.63. The van der Waals surface area contributed by atoms with Gasteiger partial charge in [0.2, 0.25) is 5.91 Å². The van der Waals surface area contributed by atoms with E-state index in [0.717, 1.165) is 13.1 Å². The standard InChI is InChI=1S/C16H24F3N5O5/c1-21-4-6-22(7-5-21)9-12(25)20-2-3-23-8-11(16(17,18)19)14(28)24(15(23)29)10-13(26)27/h8,14,28H,2-7,9-10H2,1H3,(H,20,25)(H,26,27). The summed E-state index contributed by atoms with van der Waals surface area (Å²) < 4.78 is 39.4. The molecule has 2 aliphatic rings. The summed E-state index contributed by atoms with van der Waals surface area (Å²) in [7, 11) is 1.97. The van der Waals surface area contributed by atoms with Crippen LogP contribution in [0.3, 0.4) is 0 Å². The fourth-order valence-corrected chi connectivity index (χ4v) is 2.99. The number of urea groups is 1. The Bertz CT molecular complexity index is 664. The molecular weight excluding hydrogens is 399 g/mol. The van der Waals surface area contributed by atoms with Gasteiger partial charge in [-0.1, -0.05) is 0 Å². The Morgan fingerprint density at radius 1 is 1.21 bits per heavy atom. The predicted molar refractivity (Wildman–Crippen MR) is 93.5 cm³/mol. The number of piperazine rings is 1. The van der Waals surface area contributed by atoms with Crippen molar-refractivity contribution in [2.75, 3.05) is 59.4 Å². The number of amides is 3. The minimum absolute atomic E-state index is 0.128. The zero-order valence-corrected chi connectivity index (χ0v) is 15.9. The molecule has 3 N–H and O–H groups in total. The van der Waals surface area contributed by atoms with Gasteiger partial charge in [0.05, 0.1) is 12.1 Å². The number of nitrogens with one attached hydrogen (secondary N) is 1. The second-order valence-corrected chi connectivity index (χ2v) is 6.88. The maximum absolute atomic E-state index is 13.1. The molecule has 2 heterocycles. The molecule has 13 heteroatoms. The lowest BCUT2D eigenvalue weighted by atomic mass is 10.1. The number of likely N-dealkylation sites (N-methyl/N-ethyl adjacent to an activating group) is 1. The van der Waals surface area contributed by atoms with E-state index in [0.29, 0.717) is 24.2 Å². The highest BCUT2D eigenvalue weighted by atomic mass is 19.4. The van der Waals surface area contributed by atoms with E-state index >= 15 is 0 Å². The summed E-state index contributed by atoms with van der Waals surface area (Å²) in [6, 6.07) is -1.10. The van der Waals surface area contributed by atoms with E-state index in [-0.39, 0.29) is 30.4 Å². The van der Waals surface area contributed by atoms with E-state index in [1.165, 1.54) is 0 Å². The molecule has 3 amide bonds. The fourth-order valence-electron chi connectivity index (χ4n) is 2.99. The van der Waals surface area contributed by atoms with E-state index in [1.807, 2.05) is 11.9 Å². The van der Waals surface area contributed by atoms with Crippen LogP contribution in [0.5, 0.6) is 0 Å². The SMILES string of the molecule is CN1CCN(CC(=O)NCCN2C=C(C(F)(F)F)C(O)N(CC(=O)O)C2=O)CC1. The van der Waals surface area contributed by atoms with Crippen LogP contribution in [0.2, 0.25) is 0 Å². The minimum Gasteiger partial charge on any atom is -0.480 e. The molecule has 1 unspecified atom stereocenters. The quantitative estimate of drug-likeness (QED) is 0.478. The molecule has 0 saturated carbocycles. The smallest absolute Gasteiger partial charge is 0.418 e. The molecule has 10 nitrogen and oxygen atoms in total. The second kappa shape index (κ2) is 9.41. The average molecular weight is 423 g/mol. The number of aliphatic hydroxyl groups excluding tert-OH is 1. The number of aliphatic carboxylic acids is 1. The summed E-state index contributed by atoms with van der Waals surface area (Å²) in [4.78, 5) is 40.0. The number of hydrogen-bond acceptors (Lipinski definition) is 6. The van der Waals surface area contributed by atoms with E-state index in [9.17, 15) is 32.7 Å². The van der Waals surface area contributed by atoms with Crippen molar-refractivity contribution in [2.24, 2.45) is 0 Å². The van der Waals surface area contributed by atoms with Crippen molar-refractivity contribution in [2.45, 2.75) is 12.4 Å². The van der Waals surface area contributed by atoms with Gasteiger partial charge in [0.1, 0.15) is 6.54 Å². The summed E-state index contributed by atoms with van der Waals surface area (Å²) in [6.07, 6.45) is -6.93. The van der Waals surface area contributed by atoms with Gasteiger partial charge in [0.25, 0.3) is 0 Å². The summed E-state index contributed by atoms with van der Waals surface area (Å²) in [6.45, 7) is 1.68. The molecule has 29 heavy (non-hydrogen) atoms. The number of hydrogen-bond donors (Lipinski definition) is 3. The first-order chi connectivity index (χ1) is 13.5. The van der Waals surface area contributed by atoms with Gasteiger partial charge in [0, 0.05) is 45.5 Å². The van der Waals surface area contributed by atoms with Crippen molar-refractivity contribution in [1.29, 1.82) is 0 Å². The molecule has 164 valence electrons. The molecule has 2 rings (SSSR count). The van der Waals surface area contributed by atoms with Crippen molar-refractivity contribution >= 4 is 17.9 Å². The van der Waals surface area contributed by atoms with Crippen LogP contribution in [0.25, 0.3) is 0 Å². The molecule has 1 fully saturated rings. The number of rotatable bonds is 7. The zero-order chi connectivity index (χ0) is 21.8. The molecule has 0 bridgehead atoms. The summed E-state index contributed by atoms with van der Waals surface area (Å²) in [5, 5.41) is 21.1. The van der Waals surface area contributed by atoms with Crippen LogP contribution < -0.4 is 5.32 Å². The maximum atomic E-state index is 13.1. The van der Waals surface area contributed by atoms with Crippen LogP contribution in [0.1, 0.15) is 0 Å². The monoisotopic (exact) mass is 423 g/mol. The lowest BCUT2D eigenvalue weighted by molar-refractivity contribution is -0.144. The molecule has 2 aliphatic heterocycles. The van der Waals surface area contributed by atoms with E-state index in [4.69, 9.17) is 5.11 Å². The number of halogens is 3. The van der Waals surface area contributed by atoms with Gasteiger partial charge < -0.3 is 20.4 Å². The second-order valence-electron chi connectivity index (χ2n) is 6.88. The molecule has 0 spiro atoms. The Labute approximate surface area is 165 Å². The molecule has 0 aromatic carbocycles. The van der Waals surface area contributed by atoms with Gasteiger partial charge in [-0.25, -0.2) is 4.79 Å². The van der Waals surface area contributed by atoms with Crippen LogP contribution in [0.15, 0.2) is 11.8 Å². The Hall–Kier alpha value is -2.38. The first kappa shape index (κ1) is 22.9. The van der Waals surface area contributed by atoms with E-state index in [2.05, 4.69) is 10.2 Å². The largest absolute Gasteiger partial charge is 0.480 e. The summed E-state index contributed by atoms with van der Waals surface area (Å²) in [5.74, 6) is -1.90. The number of carbonyl (C=O) groups excluding carboxylic acids is 2. The molecular formula is C16H24F3N5O5. The van der Waals surface area contributed by atoms with Crippen LogP contribution in [-0.4, -0.2) is 120 Å². The van der Waals surface area contributed by atoms with Crippen LogP contribution in [0.4, 0.5) is 18.0 Å². The molecule has 1 atom stereocenters. The Kier molecular flexibility index (Phi) is 7.43. The third-order valence-corrected chi connectivity index (χ3v) is 4.63. The number of carboxylic acid groups (broad SMARTS) is 1. The topological polar surface area (TPSA) is 117 Å². The van der Waals surface area contributed by atoms with Gasteiger partial charge in [0.15, 0.2) is 6.23 Å². The highest BCUT2D eigenvalue weighted by molar-refractivity contribution is 5.82. The van der Waals surface area contributed by atoms with Gasteiger partial charge in [-0.2, -0.15) is 13.2 Å². The molecule has 1 saturated heterocycles. The lowest BCUT2D eigenvalue weighted by Crippen LogP contribution is -2.56. The lowest BCUT2D eigenvalue weighted by Gasteiger charge is -2.37. The van der Waals surface area contributed by atoms with Crippen LogP contribution in [-0.2, 0) is 9.59 Å². The van der Waals surface area contributed by atoms with Crippen LogP contribution >= 0.6 is 0 Å². The number of alkyl halides is 3. The van der Waals surface area contributed by atoms with Gasteiger partial charge in [-0.15, -0.1) is 0 Å². The highest BCUT2D eigenvalue weighted by Gasteiger charge is 2.46. The Morgan fingerprint density at radius 2 is 1.83 bits per heavy atom. The van der Waals surface area contributed by atoms with Crippen molar-refractivity contribution < 1.29 is 37.8 Å². The molecule has 0 aromatic heterocycles. The minimum atomic E-state index is -4.96. The Morgan fingerprint density at radius 3 is 2.38 bits per heavy atom. The normalized spacial score (nSPS) is 21.9. The van der Waals surface area contributed by atoms with E-state index in [1.54, 1.807) is 0 Å². The Balaban J connectivity index is 1.95. The molecule has 0 aromatic rings. The highest BCUT2D eigenvalue weighted by Crippen LogP contribution is 2.33. The van der Waals surface area contributed by atoms with Gasteiger partial charge in [-0.3, -0.25) is 24.3 Å². The van der Waals surface area contributed by atoms with Crippen molar-refractivity contribution in [1.82, 2.24) is 24.9 Å². The summed E-state index contributed by atoms with van der Waals surface area (Å²) >= 11 is 0. The van der Waals surface area contributed by atoms with Gasteiger partial charge >= 0.3 is 18.2 Å². The zero-order valence-electron chi connectivity index (χ0n) is 15.9. The van der Waals surface area contributed by atoms with Crippen molar-refractivity contribution in [3.8, 4) is 0 Å². The number of aliphatic hydroxyl groups is 1. The molecule has 0 radical (unpaired) electrons. The maximum Gasteiger partial charge on any atom is 0.418 e. The first-order valence-corrected chi connectivity index (χ1v) is 8.92. The fraction of sp³-hybridized carbons (Fsp3) is 0.688. The van der Waals surface area contributed by atoms with Crippen molar-refractivity contribution in [3.63, 3.8) is 0 Å². The van der Waals surface area contributed by atoms with Crippen molar-refractivity contribution in [3.05, 3.63) is 11.8 Å². The molecule has 0 aliphatic carbocycles. The van der Waals surface area contributed by atoms with Crippen LogP contribution in [0, 0.1) is 0 Å².